The van der Waals surface area contributed by atoms with E-state index in [0.717, 1.165) is 11.8 Å². The molecule has 3 rings (SSSR count). The summed E-state index contributed by atoms with van der Waals surface area (Å²) in [4.78, 5) is 20.6. The summed E-state index contributed by atoms with van der Waals surface area (Å²) >= 11 is 1.12. The number of nitrogens with zero attached hydrogens (tertiary/aromatic N) is 2. The van der Waals surface area contributed by atoms with Crippen molar-refractivity contribution in [1.82, 2.24) is 9.97 Å². The molecule has 10 heteroatoms. The van der Waals surface area contributed by atoms with Crippen LogP contribution in [0.25, 0.3) is 11.3 Å². The molecule has 0 radical (unpaired) electrons. The van der Waals surface area contributed by atoms with Crippen LogP contribution in [0.4, 0.5) is 14.7 Å². The summed E-state index contributed by atoms with van der Waals surface area (Å²) in [6.45, 7) is 3.33. The van der Waals surface area contributed by atoms with Gasteiger partial charge in [0.2, 0.25) is 11.9 Å². The molecule has 150 valence electrons. The van der Waals surface area contributed by atoms with Gasteiger partial charge in [0.25, 0.3) is 6.43 Å². The highest BCUT2D eigenvalue weighted by atomic mass is 32.2. The van der Waals surface area contributed by atoms with Crippen LogP contribution >= 0.6 is 11.8 Å². The number of aromatic nitrogens is 2. The fraction of sp³-hybridized carbons (Fsp3) is 0.389. The third-order valence-electron chi connectivity index (χ3n) is 4.35. The number of nitrogens with two attached hydrogens (primary N) is 2. The lowest BCUT2D eigenvalue weighted by molar-refractivity contribution is -0.117. The van der Waals surface area contributed by atoms with Gasteiger partial charge in [0.05, 0.1) is 23.9 Å². The van der Waals surface area contributed by atoms with Crippen LogP contribution in [0.1, 0.15) is 37.4 Å². The standard InChI is InChI=1S/C18H21F2N5O2S/c1-18(2,7-26)25-17-23-12(8-4-3-5-9(6-8)14(19)20)10-11(21)13(15(22)27)28-16(10)24-17/h3-6,11,13-14,26H,7,21H2,1-2H3,(H2,22,27)(H,23,24,25). The van der Waals surface area contributed by atoms with Gasteiger partial charge < -0.3 is 21.9 Å². The second-order valence-electron chi connectivity index (χ2n) is 7.17. The Kier molecular flexibility index (Phi) is 5.55. The number of carbonyl (C=O) groups excluding carboxylic acids is 1. The topological polar surface area (TPSA) is 127 Å². The van der Waals surface area contributed by atoms with E-state index in [1.807, 2.05) is 0 Å². The first-order valence-electron chi connectivity index (χ1n) is 8.54. The first-order valence-corrected chi connectivity index (χ1v) is 9.42. The lowest BCUT2D eigenvalue weighted by Gasteiger charge is -2.24. The van der Waals surface area contributed by atoms with Gasteiger partial charge >= 0.3 is 0 Å². The molecule has 0 fully saturated rings. The number of fused-ring (bicyclic) bond motifs is 1. The molecule has 2 unspecified atom stereocenters. The van der Waals surface area contributed by atoms with Crippen molar-refractivity contribution in [1.29, 1.82) is 0 Å². The minimum absolute atomic E-state index is 0.152. The van der Waals surface area contributed by atoms with Crippen LogP contribution in [0.15, 0.2) is 29.3 Å². The average molecular weight is 409 g/mol. The number of primary amides is 1. The predicted molar refractivity (Wildman–Crippen MR) is 103 cm³/mol. The first kappa shape index (κ1) is 20.4. The highest BCUT2D eigenvalue weighted by Crippen LogP contribution is 2.46. The number of benzene rings is 1. The fourth-order valence-corrected chi connectivity index (χ4v) is 4.00. The Labute approximate surface area is 164 Å². The van der Waals surface area contributed by atoms with Gasteiger partial charge in [0.15, 0.2) is 0 Å². The van der Waals surface area contributed by atoms with Crippen LogP contribution in [0.3, 0.4) is 0 Å². The van der Waals surface area contributed by atoms with Gasteiger partial charge in [-0.05, 0) is 19.9 Å². The van der Waals surface area contributed by atoms with Crippen molar-refractivity contribution in [2.24, 2.45) is 11.5 Å². The van der Waals surface area contributed by atoms with Crippen LogP contribution < -0.4 is 16.8 Å². The highest BCUT2D eigenvalue weighted by Gasteiger charge is 2.39. The molecule has 28 heavy (non-hydrogen) atoms. The molecule has 1 aliphatic rings. The molecule has 2 atom stereocenters. The molecule has 7 nitrogen and oxygen atoms in total. The molecule has 1 amide bonds. The van der Waals surface area contributed by atoms with Crippen molar-refractivity contribution >= 4 is 23.6 Å². The quantitative estimate of drug-likeness (QED) is 0.539. The molecule has 2 heterocycles. The van der Waals surface area contributed by atoms with Crippen LogP contribution in [0.5, 0.6) is 0 Å². The monoisotopic (exact) mass is 409 g/mol. The highest BCUT2D eigenvalue weighted by molar-refractivity contribution is 8.01. The number of carbonyl (C=O) groups is 1. The van der Waals surface area contributed by atoms with Gasteiger partial charge in [-0.2, -0.15) is 0 Å². The van der Waals surface area contributed by atoms with E-state index >= 15 is 0 Å². The maximum absolute atomic E-state index is 13.2. The summed E-state index contributed by atoms with van der Waals surface area (Å²) in [6, 6.07) is 5.05. The van der Waals surface area contributed by atoms with E-state index in [-0.39, 0.29) is 18.1 Å². The predicted octanol–water partition coefficient (Wildman–Crippen LogP) is 2.22. The molecular formula is C18H21F2N5O2S. The summed E-state index contributed by atoms with van der Waals surface area (Å²) in [5, 5.41) is 12.2. The maximum atomic E-state index is 13.2. The van der Waals surface area contributed by atoms with E-state index in [2.05, 4.69) is 15.3 Å². The van der Waals surface area contributed by atoms with E-state index in [0.29, 0.717) is 21.8 Å². The van der Waals surface area contributed by atoms with E-state index in [9.17, 15) is 18.7 Å². The van der Waals surface area contributed by atoms with Gasteiger partial charge in [-0.15, -0.1) is 0 Å². The number of amides is 1. The Morgan fingerprint density at radius 2 is 2.11 bits per heavy atom. The smallest absolute Gasteiger partial charge is 0.263 e. The largest absolute Gasteiger partial charge is 0.394 e. The number of aliphatic hydroxyl groups is 1. The zero-order valence-corrected chi connectivity index (χ0v) is 16.1. The molecule has 0 saturated heterocycles. The van der Waals surface area contributed by atoms with Crippen molar-refractivity contribution in [3.8, 4) is 11.3 Å². The molecule has 1 aromatic heterocycles. The number of aliphatic hydroxyl groups excluding tert-OH is 1. The van der Waals surface area contributed by atoms with Gasteiger partial charge in [-0.3, -0.25) is 4.79 Å². The molecule has 2 aromatic rings. The van der Waals surface area contributed by atoms with Crippen molar-refractivity contribution < 1.29 is 18.7 Å². The minimum Gasteiger partial charge on any atom is -0.394 e. The van der Waals surface area contributed by atoms with Crippen molar-refractivity contribution in [2.45, 2.75) is 42.1 Å². The molecule has 0 aliphatic carbocycles. The molecule has 1 aromatic carbocycles. The van der Waals surface area contributed by atoms with Crippen LogP contribution in [0.2, 0.25) is 0 Å². The number of halogens is 2. The van der Waals surface area contributed by atoms with Crippen molar-refractivity contribution in [3.05, 3.63) is 35.4 Å². The Balaban J connectivity index is 2.16. The molecular weight excluding hydrogens is 388 g/mol. The van der Waals surface area contributed by atoms with Crippen LogP contribution in [-0.4, -0.2) is 38.4 Å². The normalized spacial score (nSPS) is 19.0. The van der Waals surface area contributed by atoms with Crippen molar-refractivity contribution in [2.75, 3.05) is 11.9 Å². The third kappa shape index (κ3) is 3.94. The molecule has 6 N–H and O–H groups in total. The summed E-state index contributed by atoms with van der Waals surface area (Å²) in [5.41, 5.74) is 12.1. The second-order valence-corrected chi connectivity index (χ2v) is 8.30. The summed E-state index contributed by atoms with van der Waals surface area (Å²) in [6.07, 6.45) is -2.64. The zero-order chi connectivity index (χ0) is 20.6. The lowest BCUT2D eigenvalue weighted by Crippen LogP contribution is -2.36. The van der Waals surface area contributed by atoms with E-state index < -0.39 is 29.2 Å². The zero-order valence-electron chi connectivity index (χ0n) is 15.3. The number of hydrogen-bond acceptors (Lipinski definition) is 7. The number of alkyl halides is 2. The third-order valence-corrected chi connectivity index (χ3v) is 5.66. The SMILES string of the molecule is CC(C)(CO)Nc1nc2c(c(-c3cccc(C(F)F)c3)n1)C(N)C(C(N)=O)S2. The molecule has 1 aliphatic heterocycles. The number of anilines is 1. The second kappa shape index (κ2) is 7.61. The Hall–Kier alpha value is -2.30. The van der Waals surface area contributed by atoms with E-state index in [1.165, 1.54) is 18.2 Å². The minimum atomic E-state index is -2.64. The summed E-state index contributed by atoms with van der Waals surface area (Å²) < 4.78 is 26.3. The van der Waals surface area contributed by atoms with E-state index in [1.54, 1.807) is 19.9 Å². The van der Waals surface area contributed by atoms with Crippen molar-refractivity contribution in [3.63, 3.8) is 0 Å². The van der Waals surface area contributed by atoms with Gasteiger partial charge in [0, 0.05) is 16.7 Å². The first-order chi connectivity index (χ1) is 13.1. The molecule has 0 bridgehead atoms. The molecule has 0 saturated carbocycles. The fourth-order valence-electron chi connectivity index (χ4n) is 2.86. The van der Waals surface area contributed by atoms with Gasteiger partial charge in [-0.25, -0.2) is 18.7 Å². The summed E-state index contributed by atoms with van der Waals surface area (Å²) in [5.74, 6) is -0.395. The average Bonchev–Trinajstić information content (AvgIpc) is 2.97. The van der Waals surface area contributed by atoms with Crippen LogP contribution in [-0.2, 0) is 4.79 Å². The van der Waals surface area contributed by atoms with Gasteiger partial charge in [0.1, 0.15) is 10.3 Å². The molecule has 0 spiro atoms. The van der Waals surface area contributed by atoms with Crippen LogP contribution in [0, 0.1) is 0 Å². The number of hydrogen-bond donors (Lipinski definition) is 4. The lowest BCUT2D eigenvalue weighted by atomic mass is 9.98. The number of rotatable bonds is 6. The van der Waals surface area contributed by atoms with Gasteiger partial charge in [-0.1, -0.05) is 30.0 Å². The summed E-state index contributed by atoms with van der Waals surface area (Å²) in [7, 11) is 0. The Morgan fingerprint density at radius 3 is 2.71 bits per heavy atom. The number of nitrogens with one attached hydrogen (secondary N) is 1. The Bertz CT molecular complexity index is 910. The number of thioether (sulfide) groups is 1. The Morgan fingerprint density at radius 1 is 1.39 bits per heavy atom. The maximum Gasteiger partial charge on any atom is 0.263 e. The van der Waals surface area contributed by atoms with E-state index in [4.69, 9.17) is 11.5 Å².